The van der Waals surface area contributed by atoms with Gasteiger partial charge in [0.05, 0.1) is 23.0 Å². The molecule has 10 heteroatoms. The lowest BCUT2D eigenvalue weighted by molar-refractivity contribution is -0.143. The van der Waals surface area contributed by atoms with E-state index in [0.717, 1.165) is 6.08 Å². The van der Waals surface area contributed by atoms with Crippen LogP contribution in [0.4, 0.5) is 26.3 Å². The molecule has 0 radical (unpaired) electrons. The number of hydrogen-bond acceptors (Lipinski definition) is 3. The van der Waals surface area contributed by atoms with Crippen LogP contribution in [0.2, 0.25) is 5.02 Å². The van der Waals surface area contributed by atoms with E-state index in [-0.39, 0.29) is 23.8 Å². The van der Waals surface area contributed by atoms with Gasteiger partial charge in [-0.2, -0.15) is 26.3 Å². The van der Waals surface area contributed by atoms with Gasteiger partial charge in [0.1, 0.15) is 0 Å². The van der Waals surface area contributed by atoms with Crippen molar-refractivity contribution < 1.29 is 40.7 Å². The molecular weight excluding hydrogens is 414 g/mol. The third-order valence-electron chi connectivity index (χ3n) is 3.35. The lowest BCUT2D eigenvalue weighted by Gasteiger charge is -2.13. The molecule has 0 aromatic heterocycles. The van der Waals surface area contributed by atoms with Crippen LogP contribution in [0.25, 0.3) is 0 Å². The van der Waals surface area contributed by atoms with Crippen LogP contribution in [-0.4, -0.2) is 11.8 Å². The van der Waals surface area contributed by atoms with Gasteiger partial charge in [-0.05, 0) is 42.5 Å². The van der Waals surface area contributed by atoms with E-state index in [9.17, 15) is 35.9 Å². The minimum atomic E-state index is -5.10. The Bertz CT molecular complexity index is 882. The maximum atomic E-state index is 12.8. The maximum absolute atomic E-state index is 12.8. The fraction of sp³-hybridized carbons (Fsp3) is 0.111. The third kappa shape index (κ3) is 5.59. The molecule has 3 nitrogen and oxygen atoms in total. The second-order valence-corrected chi connectivity index (χ2v) is 5.81. The van der Waals surface area contributed by atoms with E-state index < -0.39 is 40.8 Å². The van der Waals surface area contributed by atoms with Crippen molar-refractivity contribution in [3.8, 4) is 0 Å². The highest BCUT2D eigenvalue weighted by Gasteiger charge is 2.37. The van der Waals surface area contributed by atoms with Crippen LogP contribution >= 0.6 is 11.6 Å². The van der Waals surface area contributed by atoms with E-state index in [1.54, 1.807) is 0 Å². The van der Waals surface area contributed by atoms with Gasteiger partial charge in [0.15, 0.2) is 5.78 Å². The highest BCUT2D eigenvalue weighted by atomic mass is 35.5. The molecule has 0 atom stereocenters. The molecule has 0 bridgehead atoms. The van der Waals surface area contributed by atoms with Crippen molar-refractivity contribution >= 4 is 23.4 Å². The first kappa shape index (κ1) is 21.5. The van der Waals surface area contributed by atoms with Crippen molar-refractivity contribution in [1.29, 1.82) is 0 Å². The lowest BCUT2D eigenvalue weighted by atomic mass is 10.0. The van der Waals surface area contributed by atoms with Crippen LogP contribution in [0.5, 0.6) is 0 Å². The second kappa shape index (κ2) is 8.05. The smallest absolute Gasteiger partial charge is 0.416 e. The molecule has 0 fully saturated rings. The number of benzene rings is 2. The van der Waals surface area contributed by atoms with Gasteiger partial charge >= 0.3 is 18.3 Å². The average molecular weight is 423 g/mol. The summed E-state index contributed by atoms with van der Waals surface area (Å²) in [5, 5.41) is 0.372. The molecule has 28 heavy (non-hydrogen) atoms. The Morgan fingerprint density at radius 2 is 1.32 bits per heavy atom. The summed E-state index contributed by atoms with van der Waals surface area (Å²) in [6.07, 6.45) is -8.83. The number of ether oxygens (including phenoxy) is 1. The molecule has 2 rings (SSSR count). The van der Waals surface area contributed by atoms with Crippen molar-refractivity contribution in [1.82, 2.24) is 0 Å². The summed E-state index contributed by atoms with van der Waals surface area (Å²) in [4.78, 5) is 23.7. The minimum absolute atomic E-state index is 0.114. The Labute approximate surface area is 159 Å². The summed E-state index contributed by atoms with van der Waals surface area (Å²) < 4.78 is 81.2. The fourth-order valence-electron chi connectivity index (χ4n) is 2.01. The summed E-state index contributed by atoms with van der Waals surface area (Å²) in [5.41, 5.74) is -4.10. The molecule has 0 aliphatic carbocycles. The molecule has 0 saturated carbocycles. The predicted molar refractivity (Wildman–Crippen MR) is 86.8 cm³/mol. The summed E-state index contributed by atoms with van der Waals surface area (Å²) in [7, 11) is 0. The number of carbonyl (C=O) groups excluding carboxylic acids is 2. The fourth-order valence-corrected chi connectivity index (χ4v) is 2.13. The number of alkyl halides is 6. The van der Waals surface area contributed by atoms with Gasteiger partial charge in [-0.25, -0.2) is 4.79 Å². The minimum Gasteiger partial charge on any atom is -0.431 e. The summed E-state index contributed by atoms with van der Waals surface area (Å²) in [5.74, 6) is -2.11. The Kier molecular flexibility index (Phi) is 6.18. The van der Waals surface area contributed by atoms with Gasteiger partial charge in [0.25, 0.3) is 0 Å². The molecule has 0 amide bonds. The molecule has 0 unspecified atom stereocenters. The lowest BCUT2D eigenvalue weighted by Crippen LogP contribution is -2.14. The zero-order chi connectivity index (χ0) is 21.1. The highest BCUT2D eigenvalue weighted by molar-refractivity contribution is 6.30. The highest BCUT2D eigenvalue weighted by Crippen LogP contribution is 2.36. The van der Waals surface area contributed by atoms with Crippen molar-refractivity contribution in [3.05, 3.63) is 82.1 Å². The number of esters is 1. The molecule has 0 spiro atoms. The van der Waals surface area contributed by atoms with Gasteiger partial charge in [-0.3, -0.25) is 4.79 Å². The predicted octanol–water partition coefficient (Wildman–Crippen LogP) is 5.93. The molecule has 2 aromatic rings. The van der Waals surface area contributed by atoms with E-state index in [2.05, 4.69) is 4.74 Å². The maximum Gasteiger partial charge on any atom is 0.416 e. The van der Waals surface area contributed by atoms with Crippen LogP contribution < -0.4 is 0 Å². The molecule has 0 aliphatic rings. The van der Waals surface area contributed by atoms with Crippen LogP contribution in [0.15, 0.2) is 54.8 Å². The van der Waals surface area contributed by atoms with E-state index in [1.807, 2.05) is 0 Å². The number of carbonyl (C=O) groups is 2. The van der Waals surface area contributed by atoms with Crippen LogP contribution in [0.3, 0.4) is 0 Å². The Balaban J connectivity index is 2.21. The van der Waals surface area contributed by atoms with E-state index >= 15 is 0 Å². The normalized spacial score (nSPS) is 12.2. The average Bonchev–Trinajstić information content (AvgIpc) is 2.60. The molecule has 0 heterocycles. The molecule has 148 valence electrons. The van der Waals surface area contributed by atoms with Crippen LogP contribution in [0, 0.1) is 0 Å². The molecule has 0 saturated heterocycles. The van der Waals surface area contributed by atoms with Gasteiger partial charge < -0.3 is 4.74 Å². The number of hydrogen-bond donors (Lipinski definition) is 0. The Hall–Kier alpha value is -2.81. The van der Waals surface area contributed by atoms with E-state index in [0.29, 0.717) is 11.3 Å². The number of allylic oxidation sites excluding steroid dienone is 1. The van der Waals surface area contributed by atoms with Crippen LogP contribution in [-0.2, 0) is 17.1 Å². The topological polar surface area (TPSA) is 43.4 Å². The van der Waals surface area contributed by atoms with Crippen molar-refractivity contribution in [2.45, 2.75) is 12.4 Å². The zero-order valence-corrected chi connectivity index (χ0v) is 14.3. The number of ketones is 1. The quantitative estimate of drug-likeness (QED) is 0.202. The van der Waals surface area contributed by atoms with Crippen LogP contribution in [0.1, 0.15) is 31.8 Å². The van der Waals surface area contributed by atoms with Gasteiger partial charge in [-0.15, -0.1) is 0 Å². The largest absolute Gasteiger partial charge is 0.431 e. The molecule has 2 aromatic carbocycles. The Morgan fingerprint density at radius 1 is 0.821 bits per heavy atom. The first-order valence-electron chi connectivity index (χ1n) is 7.35. The first-order valence-corrected chi connectivity index (χ1v) is 7.72. The Morgan fingerprint density at radius 3 is 1.79 bits per heavy atom. The first-order chi connectivity index (χ1) is 12.9. The summed E-state index contributed by atoms with van der Waals surface area (Å²) in [6.45, 7) is 0. The van der Waals surface area contributed by atoms with Crippen molar-refractivity contribution in [3.63, 3.8) is 0 Å². The standard InChI is InChI=1S/C18H9ClF6O3/c19-14-3-1-10(2-4-14)15(26)5-6-28-16(27)11-7-12(17(20,21)22)9-13(8-11)18(23,24)25/h1-9H. The van der Waals surface area contributed by atoms with Gasteiger partial charge in [0, 0.05) is 16.7 Å². The van der Waals surface area contributed by atoms with Crippen molar-refractivity contribution in [2.75, 3.05) is 0 Å². The molecule has 0 aliphatic heterocycles. The van der Waals surface area contributed by atoms with Gasteiger partial charge in [-0.1, -0.05) is 11.6 Å². The number of rotatable bonds is 4. The summed E-state index contributed by atoms with van der Waals surface area (Å²) in [6, 6.07) is 5.94. The SMILES string of the molecule is O=C(C=COC(=O)c1cc(C(F)(F)F)cc(C(F)(F)F)c1)c1ccc(Cl)cc1. The number of halogens is 7. The van der Waals surface area contributed by atoms with E-state index in [4.69, 9.17) is 11.6 Å². The second-order valence-electron chi connectivity index (χ2n) is 5.37. The monoisotopic (exact) mass is 422 g/mol. The molecular formula is C18H9ClF6O3. The third-order valence-corrected chi connectivity index (χ3v) is 3.60. The zero-order valence-electron chi connectivity index (χ0n) is 13.6. The molecule has 0 N–H and O–H groups in total. The van der Waals surface area contributed by atoms with Crippen molar-refractivity contribution in [2.24, 2.45) is 0 Å². The summed E-state index contributed by atoms with van der Waals surface area (Å²) >= 11 is 5.66. The van der Waals surface area contributed by atoms with E-state index in [1.165, 1.54) is 24.3 Å². The van der Waals surface area contributed by atoms with Gasteiger partial charge in [0.2, 0.25) is 0 Å².